The van der Waals surface area contributed by atoms with E-state index in [0.29, 0.717) is 5.82 Å². The van der Waals surface area contributed by atoms with Crippen LogP contribution in [-0.2, 0) is 11.3 Å². The van der Waals surface area contributed by atoms with Crippen molar-refractivity contribution < 1.29 is 4.79 Å². The third-order valence-electron chi connectivity index (χ3n) is 3.91. The highest BCUT2D eigenvalue weighted by molar-refractivity contribution is 5.76. The van der Waals surface area contributed by atoms with E-state index in [1.54, 1.807) is 0 Å². The minimum absolute atomic E-state index is 0.0376. The molecule has 6 nitrogen and oxygen atoms in total. The third kappa shape index (κ3) is 4.29. The molecule has 1 amide bonds. The molecular weight excluding hydrogens is 314 g/mol. The minimum atomic E-state index is -0.139. The quantitative estimate of drug-likeness (QED) is 0.752. The Labute approximate surface area is 146 Å². The van der Waals surface area contributed by atoms with E-state index in [9.17, 15) is 4.79 Å². The highest BCUT2D eigenvalue weighted by Crippen LogP contribution is 2.21. The van der Waals surface area contributed by atoms with Crippen LogP contribution in [0, 0.1) is 5.92 Å². The fraction of sp³-hybridized carbons (Fsp3) is 0.263. The Bertz CT molecular complexity index is 814. The van der Waals surface area contributed by atoms with Crippen LogP contribution in [-0.4, -0.2) is 26.1 Å². The zero-order chi connectivity index (χ0) is 17.6. The molecule has 0 aliphatic rings. The lowest BCUT2D eigenvalue weighted by atomic mass is 9.96. The largest absolute Gasteiger partial charge is 0.347 e. The van der Waals surface area contributed by atoms with Crippen molar-refractivity contribution in [3.8, 4) is 11.4 Å². The Hall–Kier alpha value is -3.02. The predicted octanol–water partition coefficient (Wildman–Crippen LogP) is 2.85. The van der Waals surface area contributed by atoms with Crippen molar-refractivity contribution >= 4 is 5.91 Å². The summed E-state index contributed by atoms with van der Waals surface area (Å²) in [4.78, 5) is 13.7. The summed E-state index contributed by atoms with van der Waals surface area (Å²) < 4.78 is 0. The molecule has 1 atom stereocenters. The summed E-state index contributed by atoms with van der Waals surface area (Å²) in [6.45, 7) is 4.20. The molecule has 3 aromatic rings. The maximum Gasteiger partial charge on any atom is 0.244 e. The van der Waals surface area contributed by atoms with E-state index in [1.807, 2.05) is 60.7 Å². The molecule has 2 aromatic carbocycles. The molecule has 6 heteroatoms. The molecule has 0 fully saturated rings. The van der Waals surface area contributed by atoms with E-state index in [-0.39, 0.29) is 24.4 Å². The first-order valence-corrected chi connectivity index (χ1v) is 8.31. The summed E-state index contributed by atoms with van der Waals surface area (Å²) in [5.41, 5.74) is 1.96. The van der Waals surface area contributed by atoms with Crippen LogP contribution in [0.4, 0.5) is 0 Å². The van der Waals surface area contributed by atoms with Crippen LogP contribution in [0.15, 0.2) is 60.7 Å². The molecule has 0 spiro atoms. The number of nitrogens with zero attached hydrogens (tertiary/aromatic N) is 4. The number of tetrazole rings is 1. The summed E-state index contributed by atoms with van der Waals surface area (Å²) in [6, 6.07) is 19.5. The van der Waals surface area contributed by atoms with Gasteiger partial charge < -0.3 is 5.32 Å². The molecule has 3 rings (SSSR count). The number of rotatable bonds is 6. The topological polar surface area (TPSA) is 72.7 Å². The molecule has 0 radical (unpaired) electrons. The molecule has 0 aliphatic heterocycles. The maximum absolute atomic E-state index is 12.4. The summed E-state index contributed by atoms with van der Waals surface area (Å²) in [6.07, 6.45) is 0. The van der Waals surface area contributed by atoms with Gasteiger partial charge in [0.2, 0.25) is 11.7 Å². The van der Waals surface area contributed by atoms with Crippen LogP contribution >= 0.6 is 0 Å². The molecule has 1 heterocycles. The lowest BCUT2D eigenvalue weighted by Gasteiger charge is -2.22. The average molecular weight is 335 g/mol. The van der Waals surface area contributed by atoms with Gasteiger partial charge in [0, 0.05) is 5.56 Å². The maximum atomic E-state index is 12.4. The minimum Gasteiger partial charge on any atom is -0.347 e. The molecule has 0 saturated heterocycles. The van der Waals surface area contributed by atoms with Gasteiger partial charge in [0.05, 0.1) is 6.04 Å². The van der Waals surface area contributed by atoms with Gasteiger partial charge in [0.25, 0.3) is 0 Å². The van der Waals surface area contributed by atoms with Crippen LogP contribution in [0.3, 0.4) is 0 Å². The van der Waals surface area contributed by atoms with Gasteiger partial charge in [-0.25, -0.2) is 0 Å². The summed E-state index contributed by atoms with van der Waals surface area (Å²) in [5, 5.41) is 15.3. The van der Waals surface area contributed by atoms with Gasteiger partial charge in [0.15, 0.2) is 0 Å². The summed E-state index contributed by atoms with van der Waals surface area (Å²) in [7, 11) is 0. The standard InChI is InChI=1S/C19H21N5O/c1-14(2)18(15-9-5-3-6-10-15)20-17(25)13-24-22-19(21-23-24)16-11-7-4-8-12-16/h3-12,14,18H,13H2,1-2H3,(H,20,25). The Morgan fingerprint density at radius 1 is 1.04 bits per heavy atom. The Balaban J connectivity index is 1.67. The first-order valence-electron chi connectivity index (χ1n) is 8.31. The van der Waals surface area contributed by atoms with Gasteiger partial charge in [-0.1, -0.05) is 74.5 Å². The highest BCUT2D eigenvalue weighted by atomic mass is 16.2. The number of hydrogen-bond acceptors (Lipinski definition) is 4. The van der Waals surface area contributed by atoms with Gasteiger partial charge in [-0.3, -0.25) is 4.79 Å². The van der Waals surface area contributed by atoms with Gasteiger partial charge in [-0.15, -0.1) is 10.2 Å². The van der Waals surface area contributed by atoms with E-state index >= 15 is 0 Å². The van der Waals surface area contributed by atoms with Crippen molar-refractivity contribution in [3.05, 3.63) is 66.2 Å². The lowest BCUT2D eigenvalue weighted by molar-refractivity contribution is -0.123. The molecule has 25 heavy (non-hydrogen) atoms. The Morgan fingerprint density at radius 2 is 1.68 bits per heavy atom. The number of carbonyl (C=O) groups is 1. The van der Waals surface area contributed by atoms with Crippen LogP contribution in [0.1, 0.15) is 25.5 Å². The van der Waals surface area contributed by atoms with Gasteiger partial charge in [-0.05, 0) is 16.7 Å². The number of carbonyl (C=O) groups excluding carboxylic acids is 1. The fourth-order valence-electron chi connectivity index (χ4n) is 2.66. The number of benzene rings is 2. The fourth-order valence-corrected chi connectivity index (χ4v) is 2.66. The molecule has 128 valence electrons. The zero-order valence-corrected chi connectivity index (χ0v) is 14.3. The number of hydrogen-bond donors (Lipinski definition) is 1. The summed E-state index contributed by atoms with van der Waals surface area (Å²) >= 11 is 0. The molecule has 0 saturated carbocycles. The second-order valence-electron chi connectivity index (χ2n) is 6.21. The van der Waals surface area contributed by atoms with Gasteiger partial charge in [0.1, 0.15) is 6.54 Å². The van der Waals surface area contributed by atoms with E-state index in [4.69, 9.17) is 0 Å². The molecule has 0 bridgehead atoms. The average Bonchev–Trinajstić information content (AvgIpc) is 3.09. The molecule has 1 N–H and O–H groups in total. The zero-order valence-electron chi connectivity index (χ0n) is 14.3. The second kappa shape index (κ2) is 7.70. The van der Waals surface area contributed by atoms with Crippen molar-refractivity contribution in [2.75, 3.05) is 0 Å². The van der Waals surface area contributed by atoms with E-state index in [0.717, 1.165) is 11.1 Å². The van der Waals surface area contributed by atoms with Gasteiger partial charge >= 0.3 is 0 Å². The second-order valence-corrected chi connectivity index (χ2v) is 6.21. The molecule has 0 aliphatic carbocycles. The lowest BCUT2D eigenvalue weighted by Crippen LogP contribution is -2.34. The van der Waals surface area contributed by atoms with Crippen molar-refractivity contribution in [2.24, 2.45) is 5.92 Å². The Kier molecular flexibility index (Phi) is 5.18. The SMILES string of the molecule is CC(C)C(NC(=O)Cn1nnc(-c2ccccc2)n1)c1ccccc1. The van der Waals surface area contributed by atoms with Crippen LogP contribution in [0.25, 0.3) is 11.4 Å². The number of amides is 1. The normalized spacial score (nSPS) is 12.1. The summed E-state index contributed by atoms with van der Waals surface area (Å²) in [5.74, 6) is 0.645. The van der Waals surface area contributed by atoms with Crippen LogP contribution < -0.4 is 5.32 Å². The van der Waals surface area contributed by atoms with E-state index < -0.39 is 0 Å². The monoisotopic (exact) mass is 335 g/mol. The molecular formula is C19H21N5O. The predicted molar refractivity (Wildman–Crippen MR) is 95.4 cm³/mol. The van der Waals surface area contributed by atoms with Crippen LogP contribution in [0.5, 0.6) is 0 Å². The van der Waals surface area contributed by atoms with Crippen molar-refractivity contribution in [2.45, 2.75) is 26.4 Å². The van der Waals surface area contributed by atoms with Crippen LogP contribution in [0.2, 0.25) is 0 Å². The van der Waals surface area contributed by atoms with Crippen molar-refractivity contribution in [1.29, 1.82) is 0 Å². The molecule has 1 aromatic heterocycles. The van der Waals surface area contributed by atoms with E-state index in [1.165, 1.54) is 4.80 Å². The smallest absolute Gasteiger partial charge is 0.244 e. The Morgan fingerprint density at radius 3 is 2.32 bits per heavy atom. The van der Waals surface area contributed by atoms with Crippen molar-refractivity contribution in [1.82, 2.24) is 25.5 Å². The number of aromatic nitrogens is 4. The third-order valence-corrected chi connectivity index (χ3v) is 3.91. The first-order chi connectivity index (χ1) is 12.1. The number of nitrogens with one attached hydrogen (secondary N) is 1. The van der Waals surface area contributed by atoms with Gasteiger partial charge in [-0.2, -0.15) is 4.80 Å². The van der Waals surface area contributed by atoms with E-state index in [2.05, 4.69) is 34.6 Å². The van der Waals surface area contributed by atoms with Crippen molar-refractivity contribution in [3.63, 3.8) is 0 Å². The highest BCUT2D eigenvalue weighted by Gasteiger charge is 2.19. The first kappa shape index (κ1) is 16.8. The molecule has 1 unspecified atom stereocenters.